The molecule has 0 saturated heterocycles. The molecule has 0 heterocycles. The molecule has 50 valence electrons. The lowest BCUT2D eigenvalue weighted by atomic mass is 10.2. The van der Waals surface area contributed by atoms with Gasteiger partial charge in [-0.2, -0.15) is 0 Å². The van der Waals surface area contributed by atoms with E-state index in [1.54, 1.807) is 6.08 Å². The van der Waals surface area contributed by atoms with Crippen LogP contribution in [0.3, 0.4) is 0 Å². The Morgan fingerprint density at radius 3 is 2.56 bits per heavy atom. The van der Waals surface area contributed by atoms with Gasteiger partial charge in [0.2, 0.25) is 0 Å². The fourth-order valence-electron chi connectivity index (χ4n) is 0.397. The summed E-state index contributed by atoms with van der Waals surface area (Å²) in [5.74, 6) is 0. The van der Waals surface area contributed by atoms with Crippen LogP contribution in [-0.2, 0) is 0 Å². The van der Waals surface area contributed by atoms with Crippen molar-refractivity contribution in [3.8, 4) is 0 Å². The molecule has 0 bridgehead atoms. The highest BCUT2D eigenvalue weighted by Crippen LogP contribution is 2.10. The molecule has 0 aliphatic carbocycles. The zero-order valence-corrected chi connectivity index (χ0v) is 7.01. The second-order valence-corrected chi connectivity index (χ2v) is 2.53. The molecule has 0 nitrogen and oxygen atoms in total. The van der Waals surface area contributed by atoms with Crippen LogP contribution in [0.25, 0.3) is 0 Å². The third kappa shape index (κ3) is 4.17. The van der Waals surface area contributed by atoms with Crippen LogP contribution < -0.4 is 0 Å². The first-order valence-electron chi connectivity index (χ1n) is 2.98. The Hall–Kier alpha value is -0.350. The molecule has 0 aromatic heterocycles. The highest BCUT2D eigenvalue weighted by atomic mass is 31.0. The summed E-state index contributed by atoms with van der Waals surface area (Å²) in [4.78, 5) is 0. The molecule has 9 heavy (non-hydrogen) atoms. The molecule has 0 radical (unpaired) electrons. The number of hydrogen-bond donors (Lipinski definition) is 0. The summed E-state index contributed by atoms with van der Waals surface area (Å²) < 4.78 is 0. The van der Waals surface area contributed by atoms with Crippen molar-refractivity contribution in [3.63, 3.8) is 0 Å². The van der Waals surface area contributed by atoms with Crippen molar-refractivity contribution in [1.29, 1.82) is 0 Å². The van der Waals surface area contributed by atoms with Gasteiger partial charge in [0, 0.05) is 0 Å². The Labute approximate surface area is 59.6 Å². The zero-order valence-electron chi connectivity index (χ0n) is 5.85. The lowest BCUT2D eigenvalue weighted by Gasteiger charge is -1.92. The summed E-state index contributed by atoms with van der Waals surface area (Å²) in [7, 11) is 2.59. The second kappa shape index (κ2) is 4.52. The normalized spacial score (nSPS) is 11.1. The average Bonchev–Trinajstić information content (AvgIpc) is 1.87. The quantitative estimate of drug-likeness (QED) is 0.417. The molecule has 1 atom stereocenters. The van der Waals surface area contributed by atoms with Gasteiger partial charge in [0.25, 0.3) is 0 Å². The van der Waals surface area contributed by atoms with Gasteiger partial charge in [-0.3, -0.25) is 0 Å². The van der Waals surface area contributed by atoms with E-state index in [0.29, 0.717) is 0 Å². The van der Waals surface area contributed by atoms with E-state index < -0.39 is 0 Å². The Bertz CT molecular complexity index is 143. The fourth-order valence-corrected chi connectivity index (χ4v) is 0.632. The highest BCUT2D eigenvalue weighted by Gasteiger charge is 1.82. The summed E-state index contributed by atoms with van der Waals surface area (Å²) >= 11 is 0. The molecule has 0 amide bonds. The van der Waals surface area contributed by atoms with E-state index >= 15 is 0 Å². The molecule has 0 aromatic rings. The van der Waals surface area contributed by atoms with Crippen molar-refractivity contribution in [2.45, 2.75) is 13.3 Å². The minimum atomic E-state index is 1.01. The van der Waals surface area contributed by atoms with Crippen LogP contribution in [0, 0.1) is 0 Å². The van der Waals surface area contributed by atoms with E-state index in [2.05, 4.69) is 29.3 Å². The topological polar surface area (TPSA) is 0 Å². The van der Waals surface area contributed by atoms with Crippen molar-refractivity contribution in [2.24, 2.45) is 0 Å². The van der Waals surface area contributed by atoms with E-state index in [9.17, 15) is 0 Å². The van der Waals surface area contributed by atoms with Gasteiger partial charge in [-0.1, -0.05) is 37.8 Å². The van der Waals surface area contributed by atoms with Gasteiger partial charge in [0.1, 0.15) is 0 Å². The van der Waals surface area contributed by atoms with E-state index in [1.807, 2.05) is 6.08 Å². The van der Waals surface area contributed by atoms with Crippen LogP contribution in [0.4, 0.5) is 0 Å². The molecule has 1 heteroatoms. The van der Waals surface area contributed by atoms with Gasteiger partial charge < -0.3 is 0 Å². The SMILES string of the molecule is C=C/C(P)=C\C(=C)CC. The van der Waals surface area contributed by atoms with Crippen molar-refractivity contribution in [2.75, 3.05) is 0 Å². The van der Waals surface area contributed by atoms with Crippen molar-refractivity contribution in [1.82, 2.24) is 0 Å². The van der Waals surface area contributed by atoms with Gasteiger partial charge in [-0.05, 0) is 11.7 Å². The second-order valence-electron chi connectivity index (χ2n) is 1.86. The maximum atomic E-state index is 3.82. The smallest absolute Gasteiger partial charge is 0.0306 e. The maximum Gasteiger partial charge on any atom is -0.0306 e. The van der Waals surface area contributed by atoms with Crippen LogP contribution in [0.15, 0.2) is 36.2 Å². The molecular formula is C8H13P. The van der Waals surface area contributed by atoms with E-state index in [0.717, 1.165) is 17.3 Å². The van der Waals surface area contributed by atoms with Crippen LogP contribution in [0.1, 0.15) is 13.3 Å². The number of rotatable bonds is 3. The van der Waals surface area contributed by atoms with Crippen molar-refractivity contribution >= 4 is 9.24 Å². The lowest BCUT2D eigenvalue weighted by Crippen LogP contribution is -1.69. The Morgan fingerprint density at radius 1 is 1.67 bits per heavy atom. The van der Waals surface area contributed by atoms with E-state index in [-0.39, 0.29) is 0 Å². The molecule has 0 N–H and O–H groups in total. The first kappa shape index (κ1) is 8.65. The van der Waals surface area contributed by atoms with Crippen molar-refractivity contribution < 1.29 is 0 Å². The van der Waals surface area contributed by atoms with Crippen molar-refractivity contribution in [3.05, 3.63) is 36.2 Å². The summed E-state index contributed by atoms with van der Waals surface area (Å²) in [6.07, 6.45) is 4.81. The molecule has 0 fully saturated rings. The molecule has 0 aliphatic heterocycles. The third-order valence-corrected chi connectivity index (χ3v) is 1.46. The van der Waals surface area contributed by atoms with Gasteiger partial charge in [-0.25, -0.2) is 0 Å². The van der Waals surface area contributed by atoms with Gasteiger partial charge in [0.05, 0.1) is 0 Å². The minimum absolute atomic E-state index is 1.01. The zero-order chi connectivity index (χ0) is 7.28. The maximum absolute atomic E-state index is 3.82. The summed E-state index contributed by atoms with van der Waals surface area (Å²) in [6, 6.07) is 0. The summed E-state index contributed by atoms with van der Waals surface area (Å²) in [5.41, 5.74) is 1.14. The minimum Gasteiger partial charge on any atom is -0.106 e. The molecule has 0 spiro atoms. The largest absolute Gasteiger partial charge is 0.106 e. The van der Waals surface area contributed by atoms with Gasteiger partial charge in [-0.15, -0.1) is 9.24 Å². The van der Waals surface area contributed by atoms with E-state index in [4.69, 9.17) is 0 Å². The highest BCUT2D eigenvalue weighted by molar-refractivity contribution is 7.22. The Balaban J connectivity index is 3.94. The standard InChI is InChI=1S/C8H13P/c1-4-7(3)6-8(9)5-2/h5-6H,2-4,9H2,1H3/b8-6+. The predicted molar refractivity (Wildman–Crippen MR) is 47.4 cm³/mol. The Kier molecular flexibility index (Phi) is 4.35. The number of hydrogen-bond acceptors (Lipinski definition) is 0. The molecule has 0 saturated carbocycles. The average molecular weight is 140 g/mol. The molecule has 0 aliphatic rings. The molecular weight excluding hydrogens is 127 g/mol. The van der Waals surface area contributed by atoms with Crippen LogP contribution in [-0.4, -0.2) is 0 Å². The summed E-state index contributed by atoms with van der Waals surface area (Å²) in [6.45, 7) is 9.52. The summed E-state index contributed by atoms with van der Waals surface area (Å²) in [5, 5.41) is 1.10. The lowest BCUT2D eigenvalue weighted by molar-refractivity contribution is 1.16. The number of allylic oxidation sites excluding steroid dienone is 4. The van der Waals surface area contributed by atoms with E-state index in [1.165, 1.54) is 0 Å². The molecule has 0 aromatic carbocycles. The van der Waals surface area contributed by atoms with Crippen LogP contribution in [0.5, 0.6) is 0 Å². The third-order valence-electron chi connectivity index (χ3n) is 1.06. The monoisotopic (exact) mass is 140 g/mol. The van der Waals surface area contributed by atoms with Gasteiger partial charge in [0.15, 0.2) is 0 Å². The first-order valence-corrected chi connectivity index (χ1v) is 3.55. The molecule has 0 rings (SSSR count). The van der Waals surface area contributed by atoms with Gasteiger partial charge >= 0.3 is 0 Å². The first-order chi connectivity index (χ1) is 4.20. The van der Waals surface area contributed by atoms with Crippen LogP contribution >= 0.6 is 9.24 Å². The molecule has 1 unspecified atom stereocenters. The fraction of sp³-hybridized carbons (Fsp3) is 0.250. The Morgan fingerprint density at radius 2 is 2.22 bits per heavy atom. The predicted octanol–water partition coefficient (Wildman–Crippen LogP) is 2.90. The van der Waals surface area contributed by atoms with Crippen LogP contribution in [0.2, 0.25) is 0 Å².